The van der Waals surface area contributed by atoms with Crippen LogP contribution in [0.4, 0.5) is 4.39 Å². The number of rotatable bonds is 9. The third-order valence-corrected chi connectivity index (χ3v) is 5.29. The third-order valence-electron chi connectivity index (χ3n) is 4.34. The van der Waals surface area contributed by atoms with Crippen LogP contribution in [0, 0.1) is 11.7 Å². The number of carbonyl (C=O) groups is 1. The maximum absolute atomic E-state index is 14.1. The Morgan fingerprint density at radius 2 is 2.04 bits per heavy atom. The molecule has 0 saturated heterocycles. The van der Waals surface area contributed by atoms with Gasteiger partial charge in [0.1, 0.15) is 5.82 Å². The van der Waals surface area contributed by atoms with E-state index < -0.39 is 0 Å². The highest BCUT2D eigenvalue weighted by Gasteiger charge is 2.20. The molecule has 2 aromatic rings. The summed E-state index contributed by atoms with van der Waals surface area (Å²) in [5.41, 5.74) is 0.382. The van der Waals surface area contributed by atoms with E-state index in [1.807, 2.05) is 7.05 Å². The number of benzene rings is 1. The van der Waals surface area contributed by atoms with Crippen molar-refractivity contribution in [3.05, 3.63) is 42.7 Å². The van der Waals surface area contributed by atoms with Crippen LogP contribution in [0.15, 0.2) is 42.1 Å². The molecule has 0 fully saturated rings. The van der Waals surface area contributed by atoms with Gasteiger partial charge < -0.3 is 4.90 Å². The maximum Gasteiger partial charge on any atom is 0.233 e. The lowest BCUT2D eigenvalue weighted by Gasteiger charge is -2.26. The third kappa shape index (κ3) is 5.42. The van der Waals surface area contributed by atoms with E-state index in [-0.39, 0.29) is 23.5 Å². The van der Waals surface area contributed by atoms with Crippen LogP contribution < -0.4 is 0 Å². The van der Waals surface area contributed by atoms with Crippen molar-refractivity contribution in [2.45, 2.75) is 44.9 Å². The van der Waals surface area contributed by atoms with E-state index >= 15 is 0 Å². The Morgan fingerprint density at radius 3 is 2.67 bits per heavy atom. The Bertz CT molecular complexity index is 790. The number of hydrogen-bond acceptors (Lipinski definition) is 4. The molecular formula is C20H27FN4OS. The van der Waals surface area contributed by atoms with Crippen molar-refractivity contribution in [1.82, 2.24) is 19.7 Å². The van der Waals surface area contributed by atoms with E-state index in [1.165, 1.54) is 17.8 Å². The van der Waals surface area contributed by atoms with Crippen LogP contribution in [0.3, 0.4) is 0 Å². The second-order valence-corrected chi connectivity index (χ2v) is 7.90. The first kappa shape index (κ1) is 21.2. The van der Waals surface area contributed by atoms with Crippen LogP contribution in [0.25, 0.3) is 11.4 Å². The number of thioether (sulfide) groups is 1. The van der Waals surface area contributed by atoms with Gasteiger partial charge in [-0.1, -0.05) is 43.8 Å². The van der Waals surface area contributed by atoms with E-state index in [4.69, 9.17) is 0 Å². The van der Waals surface area contributed by atoms with Crippen molar-refractivity contribution < 1.29 is 9.18 Å². The zero-order valence-corrected chi connectivity index (χ0v) is 17.2. The van der Waals surface area contributed by atoms with Crippen molar-refractivity contribution in [1.29, 1.82) is 0 Å². The van der Waals surface area contributed by atoms with Crippen molar-refractivity contribution >= 4 is 17.7 Å². The number of nitrogens with zero attached hydrogens (tertiary/aromatic N) is 4. The fourth-order valence-electron chi connectivity index (χ4n) is 2.85. The van der Waals surface area contributed by atoms with E-state index in [2.05, 4.69) is 37.5 Å². The molecule has 27 heavy (non-hydrogen) atoms. The standard InChI is InChI=1S/C20H27FN4OS/c1-6-11-25-19(16-9-7-8-10-17(16)21)22-23-20(25)27-13-18(26)24(5)15(4)12-14(2)3/h6-10,14-15H,1,11-13H2,2-5H3. The van der Waals surface area contributed by atoms with E-state index in [9.17, 15) is 9.18 Å². The summed E-state index contributed by atoms with van der Waals surface area (Å²) in [6.07, 6.45) is 2.66. The molecule has 0 aliphatic rings. The fourth-order valence-corrected chi connectivity index (χ4v) is 3.72. The molecule has 2 rings (SSSR count). The van der Waals surface area contributed by atoms with Crippen LogP contribution in [0.1, 0.15) is 27.2 Å². The van der Waals surface area contributed by atoms with Gasteiger partial charge >= 0.3 is 0 Å². The van der Waals surface area contributed by atoms with Gasteiger partial charge in [0.15, 0.2) is 11.0 Å². The average Bonchev–Trinajstić information content (AvgIpc) is 3.01. The van der Waals surface area contributed by atoms with Crippen molar-refractivity contribution in [2.75, 3.05) is 12.8 Å². The van der Waals surface area contributed by atoms with Crippen LogP contribution in [0.5, 0.6) is 0 Å². The first-order chi connectivity index (χ1) is 12.8. The molecular weight excluding hydrogens is 363 g/mol. The first-order valence-electron chi connectivity index (χ1n) is 9.02. The quantitative estimate of drug-likeness (QED) is 0.474. The molecule has 1 atom stereocenters. The second-order valence-electron chi connectivity index (χ2n) is 6.96. The molecule has 0 aliphatic heterocycles. The zero-order valence-electron chi connectivity index (χ0n) is 16.4. The lowest BCUT2D eigenvalue weighted by molar-refractivity contribution is -0.129. The molecule has 0 saturated carbocycles. The summed E-state index contributed by atoms with van der Waals surface area (Å²) in [5, 5.41) is 8.89. The van der Waals surface area contributed by atoms with E-state index in [0.717, 1.165) is 6.42 Å². The van der Waals surface area contributed by atoms with Gasteiger partial charge in [-0.2, -0.15) is 0 Å². The van der Waals surface area contributed by atoms with Crippen molar-refractivity contribution in [2.24, 2.45) is 5.92 Å². The molecule has 0 bridgehead atoms. The topological polar surface area (TPSA) is 51.0 Å². The average molecular weight is 391 g/mol. The Balaban J connectivity index is 2.14. The lowest BCUT2D eigenvalue weighted by atomic mass is 10.0. The number of allylic oxidation sites excluding steroid dienone is 1. The Labute approximate surface area is 164 Å². The smallest absolute Gasteiger partial charge is 0.233 e. The first-order valence-corrected chi connectivity index (χ1v) is 10.0. The minimum Gasteiger partial charge on any atom is -0.342 e. The number of halogens is 1. The molecule has 0 spiro atoms. The van der Waals surface area contributed by atoms with Gasteiger partial charge in [-0.25, -0.2) is 4.39 Å². The minimum absolute atomic E-state index is 0.0359. The zero-order chi connectivity index (χ0) is 20.0. The van der Waals surface area contributed by atoms with Gasteiger partial charge in [-0.05, 0) is 31.4 Å². The predicted octanol–water partition coefficient (Wildman–Crippen LogP) is 4.26. The molecule has 1 amide bonds. The molecule has 7 heteroatoms. The predicted molar refractivity (Wildman–Crippen MR) is 108 cm³/mol. The highest BCUT2D eigenvalue weighted by atomic mass is 32.2. The lowest BCUT2D eigenvalue weighted by Crippen LogP contribution is -2.37. The van der Waals surface area contributed by atoms with Crippen LogP contribution in [-0.2, 0) is 11.3 Å². The summed E-state index contributed by atoms with van der Waals surface area (Å²) in [6.45, 7) is 10.5. The SMILES string of the molecule is C=CCn1c(SCC(=O)N(C)C(C)CC(C)C)nnc1-c1ccccc1F. The Kier molecular flexibility index (Phi) is 7.59. The van der Waals surface area contributed by atoms with Gasteiger partial charge in [-0.3, -0.25) is 9.36 Å². The van der Waals surface area contributed by atoms with E-state index in [0.29, 0.717) is 29.0 Å². The molecule has 0 aliphatic carbocycles. The maximum atomic E-state index is 14.1. The summed E-state index contributed by atoms with van der Waals surface area (Å²) in [7, 11) is 1.83. The largest absolute Gasteiger partial charge is 0.342 e. The summed E-state index contributed by atoms with van der Waals surface area (Å²) in [4.78, 5) is 14.3. The summed E-state index contributed by atoms with van der Waals surface area (Å²) in [5.74, 6) is 0.899. The minimum atomic E-state index is -0.356. The molecule has 0 radical (unpaired) electrons. The molecule has 1 unspecified atom stereocenters. The van der Waals surface area contributed by atoms with E-state index in [1.54, 1.807) is 33.7 Å². The highest BCUT2D eigenvalue weighted by Crippen LogP contribution is 2.26. The van der Waals surface area contributed by atoms with Gasteiger partial charge in [0.25, 0.3) is 0 Å². The van der Waals surface area contributed by atoms with Crippen molar-refractivity contribution in [3.8, 4) is 11.4 Å². The van der Waals surface area contributed by atoms with Crippen LogP contribution in [0.2, 0.25) is 0 Å². The number of amides is 1. The summed E-state index contributed by atoms with van der Waals surface area (Å²) in [6, 6.07) is 6.63. The normalized spacial score (nSPS) is 12.2. The fraction of sp³-hybridized carbons (Fsp3) is 0.450. The number of hydrogen-bond donors (Lipinski definition) is 0. The van der Waals surface area contributed by atoms with Crippen molar-refractivity contribution in [3.63, 3.8) is 0 Å². The molecule has 0 N–H and O–H groups in total. The summed E-state index contributed by atoms with van der Waals surface area (Å²) < 4.78 is 15.9. The highest BCUT2D eigenvalue weighted by molar-refractivity contribution is 7.99. The van der Waals surface area contributed by atoms with Gasteiger partial charge in [-0.15, -0.1) is 16.8 Å². The monoisotopic (exact) mass is 390 g/mol. The second kappa shape index (κ2) is 9.69. The number of carbonyl (C=O) groups excluding carboxylic acids is 1. The Morgan fingerprint density at radius 1 is 1.33 bits per heavy atom. The molecule has 146 valence electrons. The summed E-state index contributed by atoms with van der Waals surface area (Å²) >= 11 is 1.31. The molecule has 5 nitrogen and oxygen atoms in total. The Hall–Kier alpha value is -2.15. The van der Waals surface area contributed by atoms with Gasteiger partial charge in [0.05, 0.1) is 11.3 Å². The molecule has 1 aromatic heterocycles. The van der Waals surface area contributed by atoms with Crippen LogP contribution in [-0.4, -0.2) is 44.4 Å². The molecule has 1 aromatic carbocycles. The van der Waals surface area contributed by atoms with Gasteiger partial charge in [0.2, 0.25) is 5.91 Å². The molecule has 1 heterocycles. The number of aromatic nitrogens is 3. The van der Waals surface area contributed by atoms with Gasteiger partial charge in [0, 0.05) is 19.6 Å². The van der Waals surface area contributed by atoms with Crippen LogP contribution >= 0.6 is 11.8 Å².